The number of anilines is 2. The Morgan fingerprint density at radius 3 is 2.74 bits per heavy atom. The third kappa shape index (κ3) is 2.94. The number of carbonyl (C=O) groups is 2. The molecule has 1 aliphatic heterocycles. The zero-order chi connectivity index (χ0) is 16.6. The van der Waals surface area contributed by atoms with E-state index in [1.807, 2.05) is 25.1 Å². The molecule has 0 aliphatic carbocycles. The second kappa shape index (κ2) is 6.05. The molecule has 0 bridgehead atoms. The van der Waals surface area contributed by atoms with Crippen molar-refractivity contribution in [2.75, 3.05) is 17.2 Å². The summed E-state index contributed by atoms with van der Waals surface area (Å²) in [4.78, 5) is 26.9. The topological polar surface area (TPSA) is 63.4 Å². The van der Waals surface area contributed by atoms with Crippen molar-refractivity contribution in [3.8, 4) is 0 Å². The summed E-state index contributed by atoms with van der Waals surface area (Å²) in [6, 6.07) is 10.4. The van der Waals surface area contributed by atoms with Gasteiger partial charge in [0.2, 0.25) is 0 Å². The third-order valence-electron chi connectivity index (χ3n) is 4.00. The van der Waals surface area contributed by atoms with Crippen molar-refractivity contribution in [1.82, 2.24) is 0 Å². The minimum atomic E-state index is -0.213. The van der Waals surface area contributed by atoms with Gasteiger partial charge in [0.1, 0.15) is 0 Å². The lowest BCUT2D eigenvalue weighted by atomic mass is 10.0. The first kappa shape index (κ1) is 15.6. The SMILES string of the molecule is Cc1ccc2c(c1)C(=O)CCCN2C(=O)c1ccc(N)cc1Cl. The molecule has 0 spiro atoms. The summed E-state index contributed by atoms with van der Waals surface area (Å²) in [6.45, 7) is 2.42. The van der Waals surface area contributed by atoms with Crippen LogP contribution in [-0.4, -0.2) is 18.2 Å². The van der Waals surface area contributed by atoms with Crippen molar-refractivity contribution >= 4 is 34.7 Å². The molecule has 0 radical (unpaired) electrons. The highest BCUT2D eigenvalue weighted by molar-refractivity contribution is 6.35. The first-order valence-electron chi connectivity index (χ1n) is 7.48. The fraction of sp³-hybridized carbons (Fsp3) is 0.222. The van der Waals surface area contributed by atoms with Crippen LogP contribution >= 0.6 is 11.6 Å². The number of benzene rings is 2. The van der Waals surface area contributed by atoms with Crippen molar-refractivity contribution in [2.45, 2.75) is 19.8 Å². The number of fused-ring (bicyclic) bond motifs is 1. The number of ketones is 1. The van der Waals surface area contributed by atoms with Crippen LogP contribution in [0.15, 0.2) is 36.4 Å². The van der Waals surface area contributed by atoms with Gasteiger partial charge in [0.15, 0.2) is 5.78 Å². The van der Waals surface area contributed by atoms with E-state index in [4.69, 9.17) is 17.3 Å². The number of hydrogen-bond acceptors (Lipinski definition) is 3. The standard InChI is InChI=1S/C18H17ClN2O2/c1-11-4-7-16-14(9-11)17(22)3-2-8-21(16)18(23)13-6-5-12(20)10-15(13)19/h4-7,9-10H,2-3,8,20H2,1H3. The summed E-state index contributed by atoms with van der Waals surface area (Å²) in [6.07, 6.45) is 1.07. The molecule has 0 saturated heterocycles. The highest BCUT2D eigenvalue weighted by Crippen LogP contribution is 2.30. The maximum absolute atomic E-state index is 12.9. The van der Waals surface area contributed by atoms with Gasteiger partial charge in [-0.3, -0.25) is 9.59 Å². The highest BCUT2D eigenvalue weighted by atomic mass is 35.5. The van der Waals surface area contributed by atoms with E-state index in [-0.39, 0.29) is 11.7 Å². The Balaban J connectivity index is 2.07. The molecule has 4 nitrogen and oxygen atoms in total. The molecule has 1 heterocycles. The predicted octanol–water partition coefficient (Wildman–Crippen LogP) is 3.85. The van der Waals surface area contributed by atoms with E-state index in [2.05, 4.69) is 0 Å². The smallest absolute Gasteiger partial charge is 0.259 e. The van der Waals surface area contributed by atoms with Gasteiger partial charge in [0.05, 0.1) is 16.3 Å². The van der Waals surface area contributed by atoms with Crippen molar-refractivity contribution in [1.29, 1.82) is 0 Å². The van der Waals surface area contributed by atoms with E-state index in [0.29, 0.717) is 46.9 Å². The molecule has 0 fully saturated rings. The number of nitrogen functional groups attached to an aromatic ring is 1. The normalized spacial score (nSPS) is 14.3. The van der Waals surface area contributed by atoms with Crippen LogP contribution in [0.1, 0.15) is 39.1 Å². The first-order chi connectivity index (χ1) is 11.0. The minimum Gasteiger partial charge on any atom is -0.399 e. The monoisotopic (exact) mass is 328 g/mol. The number of halogens is 1. The molecule has 2 aromatic carbocycles. The van der Waals surface area contributed by atoms with Crippen LogP contribution < -0.4 is 10.6 Å². The Hall–Kier alpha value is -2.33. The summed E-state index contributed by atoms with van der Waals surface area (Å²) in [5.41, 5.74) is 8.83. The lowest BCUT2D eigenvalue weighted by molar-refractivity contribution is 0.0974. The number of rotatable bonds is 1. The summed E-state index contributed by atoms with van der Waals surface area (Å²) >= 11 is 6.17. The van der Waals surface area contributed by atoms with Crippen LogP contribution in [0.5, 0.6) is 0 Å². The molecule has 0 unspecified atom stereocenters. The van der Waals surface area contributed by atoms with E-state index in [9.17, 15) is 9.59 Å². The van der Waals surface area contributed by atoms with Crippen LogP contribution in [0.2, 0.25) is 5.02 Å². The zero-order valence-electron chi connectivity index (χ0n) is 12.8. The lowest BCUT2D eigenvalue weighted by Crippen LogP contribution is -2.32. The van der Waals surface area contributed by atoms with E-state index < -0.39 is 0 Å². The Morgan fingerprint density at radius 2 is 2.00 bits per heavy atom. The average molecular weight is 329 g/mol. The Kier molecular flexibility index (Phi) is 4.09. The van der Waals surface area contributed by atoms with Crippen LogP contribution in [0.4, 0.5) is 11.4 Å². The van der Waals surface area contributed by atoms with Gasteiger partial charge in [-0.2, -0.15) is 0 Å². The van der Waals surface area contributed by atoms with Crippen molar-refractivity contribution in [3.63, 3.8) is 0 Å². The number of aryl methyl sites for hydroxylation is 1. The quantitative estimate of drug-likeness (QED) is 0.809. The molecule has 0 saturated carbocycles. The van der Waals surface area contributed by atoms with Crippen molar-refractivity contribution in [3.05, 3.63) is 58.1 Å². The number of nitrogens with two attached hydrogens (primary N) is 1. The molecule has 0 atom stereocenters. The summed E-state index contributed by atoms with van der Waals surface area (Å²) < 4.78 is 0. The number of amides is 1. The third-order valence-corrected chi connectivity index (χ3v) is 4.31. The van der Waals surface area contributed by atoms with E-state index >= 15 is 0 Å². The molecular formula is C18H17ClN2O2. The predicted molar refractivity (Wildman–Crippen MR) is 92.3 cm³/mol. The average Bonchev–Trinajstić information content (AvgIpc) is 2.66. The van der Waals surface area contributed by atoms with E-state index in [1.54, 1.807) is 23.1 Å². The van der Waals surface area contributed by atoms with E-state index in [1.165, 1.54) is 0 Å². The molecular weight excluding hydrogens is 312 g/mol. The molecule has 118 valence electrons. The maximum Gasteiger partial charge on any atom is 0.259 e. The van der Waals surface area contributed by atoms with Crippen molar-refractivity contribution < 1.29 is 9.59 Å². The fourth-order valence-electron chi connectivity index (χ4n) is 2.82. The molecule has 23 heavy (non-hydrogen) atoms. The Bertz CT molecular complexity index is 802. The number of hydrogen-bond donors (Lipinski definition) is 1. The molecule has 1 aliphatic rings. The second-order valence-electron chi connectivity index (χ2n) is 5.74. The first-order valence-corrected chi connectivity index (χ1v) is 7.86. The van der Waals surface area contributed by atoms with Crippen LogP contribution in [0.3, 0.4) is 0 Å². The molecule has 0 aromatic heterocycles. The minimum absolute atomic E-state index is 0.0717. The second-order valence-corrected chi connectivity index (χ2v) is 6.15. The molecule has 5 heteroatoms. The number of Topliss-reactive ketones (excluding diaryl/α,β-unsaturated/α-hetero) is 1. The summed E-state index contributed by atoms with van der Waals surface area (Å²) in [7, 11) is 0. The van der Waals surface area contributed by atoms with Gasteiger partial charge in [0.25, 0.3) is 5.91 Å². The fourth-order valence-corrected chi connectivity index (χ4v) is 3.09. The van der Waals surface area contributed by atoms with Crippen LogP contribution in [0, 0.1) is 6.92 Å². The van der Waals surface area contributed by atoms with Gasteiger partial charge in [0, 0.05) is 24.2 Å². The number of carbonyl (C=O) groups excluding carboxylic acids is 2. The largest absolute Gasteiger partial charge is 0.399 e. The van der Waals surface area contributed by atoms with Crippen LogP contribution in [0.25, 0.3) is 0 Å². The lowest BCUT2D eigenvalue weighted by Gasteiger charge is -2.23. The van der Waals surface area contributed by atoms with Gasteiger partial charge < -0.3 is 10.6 Å². The summed E-state index contributed by atoms with van der Waals surface area (Å²) in [5, 5.41) is 0.319. The van der Waals surface area contributed by atoms with Crippen LogP contribution in [-0.2, 0) is 0 Å². The molecule has 2 N–H and O–H groups in total. The van der Waals surface area contributed by atoms with Gasteiger partial charge in [-0.25, -0.2) is 0 Å². The Morgan fingerprint density at radius 1 is 1.22 bits per heavy atom. The highest BCUT2D eigenvalue weighted by Gasteiger charge is 2.27. The van der Waals surface area contributed by atoms with Crippen molar-refractivity contribution in [2.24, 2.45) is 0 Å². The zero-order valence-corrected chi connectivity index (χ0v) is 13.6. The van der Waals surface area contributed by atoms with Gasteiger partial charge in [-0.05, 0) is 43.7 Å². The summed E-state index contributed by atoms with van der Waals surface area (Å²) in [5.74, 6) is -0.141. The van der Waals surface area contributed by atoms with Gasteiger partial charge in [-0.15, -0.1) is 0 Å². The number of nitrogens with zero attached hydrogens (tertiary/aromatic N) is 1. The Labute approximate surface area is 139 Å². The van der Waals surface area contributed by atoms with E-state index in [0.717, 1.165) is 5.56 Å². The molecule has 3 rings (SSSR count). The van der Waals surface area contributed by atoms with Gasteiger partial charge in [-0.1, -0.05) is 23.2 Å². The maximum atomic E-state index is 12.9. The van der Waals surface area contributed by atoms with Gasteiger partial charge >= 0.3 is 0 Å². The molecule has 2 aromatic rings. The molecule has 1 amide bonds.